The molecular weight excluding hydrogens is 208 g/mol. The van der Waals surface area contributed by atoms with Crippen LogP contribution < -0.4 is 5.32 Å². The van der Waals surface area contributed by atoms with Crippen molar-refractivity contribution in [1.82, 2.24) is 10.2 Å². The maximum Gasteiger partial charge on any atom is 0.0336 e. The first kappa shape index (κ1) is 16.9. The molecule has 2 unspecified atom stereocenters. The highest BCUT2D eigenvalue weighted by Gasteiger charge is 2.42. The SMILES string of the molecule is CCNC(C(C)(C)C)C(C)(CC)N(CC)CC. The van der Waals surface area contributed by atoms with Crippen molar-refractivity contribution in [2.75, 3.05) is 19.6 Å². The molecule has 0 aromatic carbocycles. The fourth-order valence-corrected chi connectivity index (χ4v) is 3.22. The molecule has 0 saturated carbocycles. The highest BCUT2D eigenvalue weighted by Crippen LogP contribution is 2.34. The molecule has 0 fully saturated rings. The second-order valence-electron chi connectivity index (χ2n) is 6.24. The van der Waals surface area contributed by atoms with E-state index < -0.39 is 0 Å². The van der Waals surface area contributed by atoms with Gasteiger partial charge in [0.1, 0.15) is 0 Å². The molecule has 2 atom stereocenters. The Morgan fingerprint density at radius 1 is 0.941 bits per heavy atom. The van der Waals surface area contributed by atoms with Crippen LogP contribution in [0.2, 0.25) is 0 Å². The Hall–Kier alpha value is -0.0800. The molecule has 0 aliphatic heterocycles. The quantitative estimate of drug-likeness (QED) is 0.735. The van der Waals surface area contributed by atoms with Crippen LogP contribution in [0, 0.1) is 5.41 Å². The summed E-state index contributed by atoms with van der Waals surface area (Å²) in [5.41, 5.74) is 0.515. The van der Waals surface area contributed by atoms with Crippen molar-refractivity contribution in [2.24, 2.45) is 5.41 Å². The molecule has 0 aliphatic rings. The van der Waals surface area contributed by atoms with E-state index in [1.54, 1.807) is 0 Å². The summed E-state index contributed by atoms with van der Waals surface area (Å²) in [6, 6.07) is 0.518. The normalized spacial score (nSPS) is 18.2. The van der Waals surface area contributed by atoms with Crippen molar-refractivity contribution in [2.45, 2.75) is 73.4 Å². The van der Waals surface area contributed by atoms with Gasteiger partial charge in [-0.25, -0.2) is 0 Å². The van der Waals surface area contributed by atoms with E-state index in [4.69, 9.17) is 0 Å². The van der Waals surface area contributed by atoms with Crippen LogP contribution in [0.4, 0.5) is 0 Å². The van der Waals surface area contributed by atoms with Gasteiger partial charge in [-0.3, -0.25) is 4.90 Å². The monoisotopic (exact) mass is 242 g/mol. The largest absolute Gasteiger partial charge is 0.312 e. The molecule has 2 heteroatoms. The van der Waals surface area contributed by atoms with E-state index in [1.807, 2.05) is 0 Å². The zero-order valence-electron chi connectivity index (χ0n) is 13.4. The lowest BCUT2D eigenvalue weighted by Gasteiger charge is -2.51. The van der Waals surface area contributed by atoms with Crippen LogP contribution in [0.1, 0.15) is 61.8 Å². The predicted octanol–water partition coefficient (Wildman–Crippen LogP) is 3.52. The number of nitrogens with one attached hydrogen (secondary N) is 1. The molecule has 104 valence electrons. The minimum absolute atomic E-state index is 0.234. The molecular formula is C15H34N2. The molecule has 0 aromatic rings. The van der Waals surface area contributed by atoms with Gasteiger partial charge in [0.05, 0.1) is 0 Å². The van der Waals surface area contributed by atoms with E-state index in [-0.39, 0.29) is 11.0 Å². The lowest BCUT2D eigenvalue weighted by Crippen LogP contribution is -2.63. The Balaban J connectivity index is 5.25. The number of hydrogen-bond acceptors (Lipinski definition) is 2. The highest BCUT2D eigenvalue weighted by atomic mass is 15.2. The Labute approximate surface area is 109 Å². The van der Waals surface area contributed by atoms with Gasteiger partial charge < -0.3 is 5.32 Å². The summed E-state index contributed by atoms with van der Waals surface area (Å²) in [4.78, 5) is 2.60. The predicted molar refractivity (Wildman–Crippen MR) is 78.5 cm³/mol. The first-order chi connectivity index (χ1) is 7.77. The lowest BCUT2D eigenvalue weighted by molar-refractivity contribution is 0.0256. The molecule has 0 bridgehead atoms. The third-order valence-corrected chi connectivity index (χ3v) is 4.10. The highest BCUT2D eigenvalue weighted by molar-refractivity contribution is 5.01. The van der Waals surface area contributed by atoms with Crippen LogP contribution in [-0.2, 0) is 0 Å². The van der Waals surface area contributed by atoms with Crippen molar-refractivity contribution in [3.05, 3.63) is 0 Å². The number of rotatable bonds is 7. The van der Waals surface area contributed by atoms with Crippen molar-refractivity contribution >= 4 is 0 Å². The molecule has 0 aliphatic carbocycles. The average Bonchev–Trinajstić information content (AvgIpc) is 2.25. The summed E-state index contributed by atoms with van der Waals surface area (Å²) < 4.78 is 0. The fraction of sp³-hybridized carbons (Fsp3) is 1.00. The molecule has 0 heterocycles. The summed E-state index contributed by atoms with van der Waals surface area (Å²) >= 11 is 0. The molecule has 0 aromatic heterocycles. The molecule has 17 heavy (non-hydrogen) atoms. The summed E-state index contributed by atoms with van der Waals surface area (Å²) in [6.07, 6.45) is 1.18. The van der Waals surface area contributed by atoms with Crippen LogP contribution in [0.3, 0.4) is 0 Å². The van der Waals surface area contributed by atoms with E-state index >= 15 is 0 Å². The number of nitrogens with zero attached hydrogens (tertiary/aromatic N) is 1. The first-order valence-corrected chi connectivity index (χ1v) is 7.26. The van der Waals surface area contributed by atoms with E-state index in [1.165, 1.54) is 6.42 Å². The van der Waals surface area contributed by atoms with Crippen LogP contribution in [-0.4, -0.2) is 36.1 Å². The van der Waals surface area contributed by atoms with Gasteiger partial charge in [-0.15, -0.1) is 0 Å². The molecule has 0 radical (unpaired) electrons. The van der Waals surface area contributed by atoms with Crippen LogP contribution in [0.25, 0.3) is 0 Å². The van der Waals surface area contributed by atoms with Gasteiger partial charge >= 0.3 is 0 Å². The standard InChI is InChI=1S/C15H34N2/c1-9-15(8,17(11-3)12-4)13(16-10-2)14(5,6)7/h13,16H,9-12H2,1-8H3. The van der Waals surface area contributed by atoms with Crippen molar-refractivity contribution in [1.29, 1.82) is 0 Å². The maximum atomic E-state index is 3.72. The van der Waals surface area contributed by atoms with Gasteiger partial charge in [0, 0.05) is 11.6 Å². The van der Waals surface area contributed by atoms with Crippen LogP contribution in [0.15, 0.2) is 0 Å². The fourth-order valence-electron chi connectivity index (χ4n) is 3.22. The van der Waals surface area contributed by atoms with E-state index in [9.17, 15) is 0 Å². The van der Waals surface area contributed by atoms with Gasteiger partial charge in [-0.1, -0.05) is 48.5 Å². The third kappa shape index (κ3) is 3.96. The van der Waals surface area contributed by atoms with Crippen LogP contribution in [0.5, 0.6) is 0 Å². The third-order valence-electron chi connectivity index (χ3n) is 4.10. The second kappa shape index (κ2) is 6.75. The molecule has 2 nitrogen and oxygen atoms in total. The van der Waals surface area contributed by atoms with Gasteiger partial charge in [-0.2, -0.15) is 0 Å². The Morgan fingerprint density at radius 3 is 1.65 bits per heavy atom. The van der Waals surface area contributed by atoms with Crippen molar-refractivity contribution < 1.29 is 0 Å². The smallest absolute Gasteiger partial charge is 0.0336 e. The zero-order valence-corrected chi connectivity index (χ0v) is 13.4. The molecule has 0 rings (SSSR count). The van der Waals surface area contributed by atoms with E-state index in [0.29, 0.717) is 6.04 Å². The summed E-state index contributed by atoms with van der Waals surface area (Å²) in [7, 11) is 0. The molecule has 0 spiro atoms. The first-order valence-electron chi connectivity index (χ1n) is 7.26. The van der Waals surface area contributed by atoms with Crippen molar-refractivity contribution in [3.8, 4) is 0 Å². The van der Waals surface area contributed by atoms with Gasteiger partial charge in [-0.05, 0) is 38.4 Å². The second-order valence-corrected chi connectivity index (χ2v) is 6.24. The number of hydrogen-bond donors (Lipinski definition) is 1. The molecule has 0 saturated heterocycles. The summed E-state index contributed by atoms with van der Waals surface area (Å²) in [5.74, 6) is 0. The Morgan fingerprint density at radius 2 is 1.41 bits per heavy atom. The molecule has 1 N–H and O–H groups in total. The molecule has 0 amide bonds. The Kier molecular flexibility index (Phi) is 6.71. The number of likely N-dealkylation sites (N-methyl/N-ethyl adjacent to an activating group) is 2. The zero-order chi connectivity index (χ0) is 13.7. The van der Waals surface area contributed by atoms with Crippen LogP contribution >= 0.6 is 0 Å². The van der Waals surface area contributed by atoms with Gasteiger partial charge in [0.15, 0.2) is 0 Å². The van der Waals surface area contributed by atoms with Gasteiger partial charge in [0.25, 0.3) is 0 Å². The minimum Gasteiger partial charge on any atom is -0.312 e. The maximum absolute atomic E-state index is 3.72. The summed E-state index contributed by atoms with van der Waals surface area (Å²) in [5, 5.41) is 3.72. The van der Waals surface area contributed by atoms with E-state index in [2.05, 4.69) is 65.6 Å². The van der Waals surface area contributed by atoms with Crippen molar-refractivity contribution in [3.63, 3.8) is 0 Å². The van der Waals surface area contributed by atoms with E-state index in [0.717, 1.165) is 19.6 Å². The summed E-state index contributed by atoms with van der Waals surface area (Å²) in [6.45, 7) is 21.8. The lowest BCUT2D eigenvalue weighted by atomic mass is 9.72. The minimum atomic E-state index is 0.234. The average molecular weight is 242 g/mol. The Bertz CT molecular complexity index is 203. The van der Waals surface area contributed by atoms with Gasteiger partial charge in [0.2, 0.25) is 0 Å². The topological polar surface area (TPSA) is 15.3 Å².